The van der Waals surface area contributed by atoms with E-state index in [1.807, 2.05) is 0 Å². The highest BCUT2D eigenvalue weighted by molar-refractivity contribution is 4.85. The lowest BCUT2D eigenvalue weighted by molar-refractivity contribution is -0.00803. The van der Waals surface area contributed by atoms with Gasteiger partial charge in [0.05, 0.1) is 6.10 Å². The van der Waals surface area contributed by atoms with Gasteiger partial charge in [0.15, 0.2) is 0 Å². The Morgan fingerprint density at radius 1 is 1.36 bits per heavy atom. The minimum atomic E-state index is -0.0645. The molecule has 11 heavy (non-hydrogen) atoms. The summed E-state index contributed by atoms with van der Waals surface area (Å²) in [6, 6.07) is 0. The van der Waals surface area contributed by atoms with Gasteiger partial charge in [0.1, 0.15) is 0 Å². The molecule has 0 saturated heterocycles. The number of rotatable bonds is 1. The van der Waals surface area contributed by atoms with Crippen LogP contribution in [-0.4, -0.2) is 11.2 Å². The Hall–Kier alpha value is -0.0400. The SMILES string of the molecule is CCC1CCC(O)C(C)(C)C1. The Balaban J connectivity index is 2.52. The van der Waals surface area contributed by atoms with Crippen molar-refractivity contribution in [2.24, 2.45) is 11.3 Å². The molecule has 0 aromatic carbocycles. The molecule has 1 aliphatic carbocycles. The summed E-state index contributed by atoms with van der Waals surface area (Å²) in [7, 11) is 0. The maximum absolute atomic E-state index is 9.65. The van der Waals surface area contributed by atoms with Gasteiger partial charge in [0, 0.05) is 0 Å². The quantitative estimate of drug-likeness (QED) is 0.618. The smallest absolute Gasteiger partial charge is 0.0591 e. The molecule has 0 bridgehead atoms. The van der Waals surface area contributed by atoms with E-state index in [0.717, 1.165) is 12.3 Å². The predicted octanol–water partition coefficient (Wildman–Crippen LogP) is 2.58. The molecule has 2 unspecified atom stereocenters. The van der Waals surface area contributed by atoms with E-state index in [-0.39, 0.29) is 11.5 Å². The van der Waals surface area contributed by atoms with Crippen molar-refractivity contribution >= 4 is 0 Å². The monoisotopic (exact) mass is 156 g/mol. The molecule has 1 saturated carbocycles. The molecule has 1 fully saturated rings. The van der Waals surface area contributed by atoms with E-state index in [1.165, 1.54) is 19.3 Å². The summed E-state index contributed by atoms with van der Waals surface area (Å²) in [5, 5.41) is 9.65. The zero-order valence-corrected chi connectivity index (χ0v) is 7.93. The number of hydrogen-bond acceptors (Lipinski definition) is 1. The zero-order chi connectivity index (χ0) is 8.48. The Morgan fingerprint density at radius 3 is 2.45 bits per heavy atom. The third-order valence-electron chi connectivity index (χ3n) is 3.14. The minimum Gasteiger partial charge on any atom is -0.393 e. The van der Waals surface area contributed by atoms with Gasteiger partial charge in [-0.3, -0.25) is 0 Å². The van der Waals surface area contributed by atoms with Gasteiger partial charge < -0.3 is 5.11 Å². The maximum Gasteiger partial charge on any atom is 0.0591 e. The summed E-state index contributed by atoms with van der Waals surface area (Å²) >= 11 is 0. The van der Waals surface area contributed by atoms with E-state index in [4.69, 9.17) is 0 Å². The summed E-state index contributed by atoms with van der Waals surface area (Å²) in [6.07, 6.45) is 4.64. The molecule has 0 aromatic heterocycles. The Bertz CT molecular complexity index is 129. The zero-order valence-electron chi connectivity index (χ0n) is 7.93. The molecule has 0 aromatic rings. The van der Waals surface area contributed by atoms with E-state index in [0.29, 0.717) is 0 Å². The minimum absolute atomic E-state index is 0.0645. The van der Waals surface area contributed by atoms with Crippen LogP contribution < -0.4 is 0 Å². The summed E-state index contributed by atoms with van der Waals surface area (Å²) in [4.78, 5) is 0. The Morgan fingerprint density at radius 2 is 2.00 bits per heavy atom. The first-order chi connectivity index (χ1) is 5.06. The van der Waals surface area contributed by atoms with E-state index in [1.54, 1.807) is 0 Å². The summed E-state index contributed by atoms with van der Waals surface area (Å²) in [5.41, 5.74) is 0.166. The third-order valence-corrected chi connectivity index (χ3v) is 3.14. The number of hydrogen-bond donors (Lipinski definition) is 1. The Labute approximate surface area is 69.8 Å². The topological polar surface area (TPSA) is 20.2 Å². The van der Waals surface area contributed by atoms with Crippen LogP contribution in [0.15, 0.2) is 0 Å². The molecule has 1 aliphatic rings. The molecule has 0 amide bonds. The van der Waals surface area contributed by atoms with Crippen molar-refractivity contribution < 1.29 is 5.11 Å². The average Bonchev–Trinajstić information content (AvgIpc) is 1.95. The van der Waals surface area contributed by atoms with Gasteiger partial charge >= 0.3 is 0 Å². The van der Waals surface area contributed by atoms with Gasteiger partial charge in [0.25, 0.3) is 0 Å². The van der Waals surface area contributed by atoms with Gasteiger partial charge in [-0.05, 0) is 30.6 Å². The van der Waals surface area contributed by atoms with Gasteiger partial charge in [-0.1, -0.05) is 27.2 Å². The standard InChI is InChI=1S/C10H20O/c1-4-8-5-6-9(11)10(2,3)7-8/h8-9,11H,4-7H2,1-3H3. The van der Waals surface area contributed by atoms with Crippen LogP contribution in [0, 0.1) is 11.3 Å². The van der Waals surface area contributed by atoms with Gasteiger partial charge in [-0.25, -0.2) is 0 Å². The van der Waals surface area contributed by atoms with Crippen molar-refractivity contribution in [3.8, 4) is 0 Å². The summed E-state index contributed by atoms with van der Waals surface area (Å²) in [6.45, 7) is 6.61. The van der Waals surface area contributed by atoms with Crippen LogP contribution in [0.3, 0.4) is 0 Å². The number of aliphatic hydroxyl groups is 1. The lowest BCUT2D eigenvalue weighted by Crippen LogP contribution is -2.36. The first-order valence-corrected chi connectivity index (χ1v) is 4.74. The largest absolute Gasteiger partial charge is 0.393 e. The van der Waals surface area contributed by atoms with E-state index >= 15 is 0 Å². The van der Waals surface area contributed by atoms with Gasteiger partial charge in [-0.2, -0.15) is 0 Å². The second kappa shape index (κ2) is 3.14. The second-order valence-electron chi connectivity index (χ2n) is 4.56. The fourth-order valence-electron chi connectivity index (χ4n) is 2.11. The maximum atomic E-state index is 9.65. The highest BCUT2D eigenvalue weighted by Crippen LogP contribution is 2.39. The van der Waals surface area contributed by atoms with Crippen molar-refractivity contribution in [1.29, 1.82) is 0 Å². The number of aliphatic hydroxyl groups excluding tert-OH is 1. The molecule has 1 nitrogen and oxygen atoms in total. The van der Waals surface area contributed by atoms with Crippen molar-refractivity contribution in [2.45, 2.75) is 52.6 Å². The fraction of sp³-hybridized carbons (Fsp3) is 1.00. The normalized spacial score (nSPS) is 37.1. The average molecular weight is 156 g/mol. The van der Waals surface area contributed by atoms with Crippen LogP contribution in [-0.2, 0) is 0 Å². The molecular weight excluding hydrogens is 136 g/mol. The predicted molar refractivity (Wildman–Crippen MR) is 47.4 cm³/mol. The van der Waals surface area contributed by atoms with Crippen LogP contribution >= 0.6 is 0 Å². The van der Waals surface area contributed by atoms with Crippen LogP contribution in [0.5, 0.6) is 0 Å². The molecule has 1 N–H and O–H groups in total. The summed E-state index contributed by atoms with van der Waals surface area (Å²) < 4.78 is 0. The molecule has 2 atom stereocenters. The molecular formula is C10H20O. The van der Waals surface area contributed by atoms with Crippen LogP contribution in [0.1, 0.15) is 46.5 Å². The highest BCUT2D eigenvalue weighted by atomic mass is 16.3. The Kier molecular flexibility index (Phi) is 2.58. The molecule has 0 aliphatic heterocycles. The van der Waals surface area contributed by atoms with E-state index in [2.05, 4.69) is 20.8 Å². The summed E-state index contributed by atoms with van der Waals surface area (Å²) in [5.74, 6) is 0.855. The molecule has 1 heteroatoms. The van der Waals surface area contributed by atoms with Crippen molar-refractivity contribution in [2.75, 3.05) is 0 Å². The molecule has 0 heterocycles. The fourth-order valence-corrected chi connectivity index (χ4v) is 2.11. The van der Waals surface area contributed by atoms with Gasteiger partial charge in [-0.15, -0.1) is 0 Å². The first-order valence-electron chi connectivity index (χ1n) is 4.74. The van der Waals surface area contributed by atoms with Crippen molar-refractivity contribution in [3.63, 3.8) is 0 Å². The lowest BCUT2D eigenvalue weighted by Gasteiger charge is -2.39. The van der Waals surface area contributed by atoms with Gasteiger partial charge in [0.2, 0.25) is 0 Å². The van der Waals surface area contributed by atoms with Crippen LogP contribution in [0.25, 0.3) is 0 Å². The van der Waals surface area contributed by atoms with Crippen LogP contribution in [0.4, 0.5) is 0 Å². The second-order valence-corrected chi connectivity index (χ2v) is 4.56. The van der Waals surface area contributed by atoms with E-state index < -0.39 is 0 Å². The van der Waals surface area contributed by atoms with E-state index in [9.17, 15) is 5.11 Å². The van der Waals surface area contributed by atoms with Crippen molar-refractivity contribution in [1.82, 2.24) is 0 Å². The molecule has 1 rings (SSSR count). The highest BCUT2D eigenvalue weighted by Gasteiger charge is 2.34. The van der Waals surface area contributed by atoms with Crippen molar-refractivity contribution in [3.05, 3.63) is 0 Å². The lowest BCUT2D eigenvalue weighted by atomic mass is 9.69. The molecule has 0 radical (unpaired) electrons. The third kappa shape index (κ3) is 1.96. The first kappa shape index (κ1) is 9.05. The molecule has 66 valence electrons. The molecule has 0 spiro atoms. The van der Waals surface area contributed by atoms with Crippen LogP contribution in [0.2, 0.25) is 0 Å².